The van der Waals surface area contributed by atoms with E-state index in [0.717, 1.165) is 0 Å². The minimum Gasteiger partial charge on any atom is -0.397 e. The van der Waals surface area contributed by atoms with Crippen LogP contribution in [0.4, 0.5) is 11.4 Å². The summed E-state index contributed by atoms with van der Waals surface area (Å²) in [7, 11) is 1.72. The van der Waals surface area contributed by atoms with Gasteiger partial charge in [-0.05, 0) is 25.2 Å². The summed E-state index contributed by atoms with van der Waals surface area (Å²) < 4.78 is 0. The Morgan fingerprint density at radius 3 is 2.68 bits per heavy atom. The molecule has 0 aliphatic heterocycles. The van der Waals surface area contributed by atoms with E-state index in [1.807, 2.05) is 0 Å². The zero-order valence-corrected chi connectivity index (χ0v) is 11.4. The fourth-order valence-corrected chi connectivity index (χ4v) is 1.60. The number of hydrogen-bond acceptors (Lipinski definition) is 4. The number of carbonyl (C=O) groups excluding carboxylic acids is 2. The third-order valence-corrected chi connectivity index (χ3v) is 2.77. The van der Waals surface area contributed by atoms with Crippen LogP contribution in [-0.2, 0) is 9.59 Å². The van der Waals surface area contributed by atoms with Gasteiger partial charge in [0.25, 0.3) is 0 Å². The van der Waals surface area contributed by atoms with Crippen LogP contribution in [0.3, 0.4) is 0 Å². The topological polar surface area (TPSA) is 101 Å². The fourth-order valence-electron chi connectivity index (χ4n) is 1.48. The maximum atomic E-state index is 11.7. The van der Waals surface area contributed by atoms with Crippen LogP contribution in [0.15, 0.2) is 18.2 Å². The van der Waals surface area contributed by atoms with Gasteiger partial charge in [-0.2, -0.15) is 0 Å². The number of benzene rings is 1. The van der Waals surface area contributed by atoms with Gasteiger partial charge >= 0.3 is 0 Å². The normalized spacial score (nSPS) is 10.5. The van der Waals surface area contributed by atoms with E-state index >= 15 is 0 Å². The number of nitrogen functional groups attached to an aromatic ring is 1. The minimum atomic E-state index is -0.423. The van der Waals surface area contributed by atoms with Crippen LogP contribution >= 0.6 is 11.6 Å². The molecule has 1 aromatic rings. The van der Waals surface area contributed by atoms with E-state index in [1.54, 1.807) is 30.1 Å². The standard InChI is InChI=1S/C12H17ClN4O2/c1-17(7-11(15)18)5-4-12(19)16-8-2-3-9(13)10(14)6-8/h2-3,6H,4-5,7,14H2,1H3,(H2,15,18)(H,16,19). The summed E-state index contributed by atoms with van der Waals surface area (Å²) in [6, 6.07) is 4.88. The Morgan fingerprint density at radius 2 is 2.11 bits per heavy atom. The first kappa shape index (κ1) is 15.3. The van der Waals surface area contributed by atoms with E-state index in [9.17, 15) is 9.59 Å². The van der Waals surface area contributed by atoms with E-state index in [-0.39, 0.29) is 18.9 Å². The summed E-state index contributed by atoms with van der Waals surface area (Å²) in [6.07, 6.45) is 0.256. The molecule has 7 heteroatoms. The molecule has 0 aromatic heterocycles. The van der Waals surface area contributed by atoms with Gasteiger partial charge < -0.3 is 16.8 Å². The van der Waals surface area contributed by atoms with Crippen molar-refractivity contribution in [3.05, 3.63) is 23.2 Å². The van der Waals surface area contributed by atoms with Crippen molar-refractivity contribution >= 4 is 34.8 Å². The predicted octanol–water partition coefficient (Wildman–Crippen LogP) is 0.668. The number of nitrogens with zero attached hydrogens (tertiary/aromatic N) is 1. The number of halogens is 1. The van der Waals surface area contributed by atoms with Crippen molar-refractivity contribution < 1.29 is 9.59 Å². The quantitative estimate of drug-likeness (QED) is 0.668. The number of likely N-dealkylation sites (N-methyl/N-ethyl adjacent to an activating group) is 1. The Kier molecular flexibility index (Phi) is 5.59. The monoisotopic (exact) mass is 284 g/mol. The van der Waals surface area contributed by atoms with Crippen molar-refractivity contribution in [3.63, 3.8) is 0 Å². The maximum absolute atomic E-state index is 11.7. The molecule has 2 amide bonds. The van der Waals surface area contributed by atoms with Gasteiger partial charge in [-0.15, -0.1) is 0 Å². The average Bonchev–Trinajstić information content (AvgIpc) is 2.30. The van der Waals surface area contributed by atoms with Crippen molar-refractivity contribution in [2.45, 2.75) is 6.42 Å². The number of carbonyl (C=O) groups is 2. The Balaban J connectivity index is 2.42. The molecule has 1 aromatic carbocycles. The van der Waals surface area contributed by atoms with Crippen molar-refractivity contribution in [1.82, 2.24) is 4.90 Å². The lowest BCUT2D eigenvalue weighted by atomic mass is 10.2. The van der Waals surface area contributed by atoms with E-state index in [0.29, 0.717) is 22.9 Å². The molecule has 0 radical (unpaired) electrons. The Hall–Kier alpha value is -1.79. The molecule has 0 fully saturated rings. The largest absolute Gasteiger partial charge is 0.397 e. The molecule has 0 aliphatic carbocycles. The molecule has 5 N–H and O–H groups in total. The molecule has 0 spiro atoms. The zero-order chi connectivity index (χ0) is 14.4. The number of nitrogens with two attached hydrogens (primary N) is 2. The first-order chi connectivity index (χ1) is 8.88. The SMILES string of the molecule is CN(CCC(=O)Nc1ccc(Cl)c(N)c1)CC(N)=O. The lowest BCUT2D eigenvalue weighted by molar-refractivity contribution is -0.120. The van der Waals surface area contributed by atoms with Crippen molar-refractivity contribution in [2.24, 2.45) is 5.73 Å². The highest BCUT2D eigenvalue weighted by atomic mass is 35.5. The molecule has 1 rings (SSSR count). The Morgan fingerprint density at radius 1 is 1.42 bits per heavy atom. The summed E-state index contributed by atoms with van der Waals surface area (Å²) in [5.41, 5.74) is 11.7. The molecule has 0 aliphatic rings. The van der Waals surface area contributed by atoms with Gasteiger partial charge in [0.2, 0.25) is 11.8 Å². The lowest BCUT2D eigenvalue weighted by Crippen LogP contribution is -2.32. The summed E-state index contributed by atoms with van der Waals surface area (Å²) in [5, 5.41) is 3.14. The van der Waals surface area contributed by atoms with Crippen LogP contribution in [0.2, 0.25) is 5.02 Å². The van der Waals surface area contributed by atoms with Crippen LogP contribution in [0.1, 0.15) is 6.42 Å². The molecule has 6 nitrogen and oxygen atoms in total. The molecule has 0 bridgehead atoms. The van der Waals surface area contributed by atoms with Gasteiger partial charge in [-0.1, -0.05) is 11.6 Å². The molecule has 0 saturated heterocycles. The second-order valence-electron chi connectivity index (χ2n) is 4.24. The second-order valence-corrected chi connectivity index (χ2v) is 4.65. The van der Waals surface area contributed by atoms with Crippen molar-refractivity contribution in [3.8, 4) is 0 Å². The molecule has 0 saturated carbocycles. The average molecular weight is 285 g/mol. The van der Waals surface area contributed by atoms with E-state index in [4.69, 9.17) is 23.1 Å². The van der Waals surface area contributed by atoms with Gasteiger partial charge in [-0.3, -0.25) is 14.5 Å². The van der Waals surface area contributed by atoms with E-state index < -0.39 is 5.91 Å². The number of hydrogen-bond donors (Lipinski definition) is 3. The van der Waals surface area contributed by atoms with Gasteiger partial charge in [0.15, 0.2) is 0 Å². The summed E-state index contributed by atoms with van der Waals surface area (Å²) in [4.78, 5) is 24.0. The zero-order valence-electron chi connectivity index (χ0n) is 10.6. The summed E-state index contributed by atoms with van der Waals surface area (Å²) in [5.74, 6) is -0.591. The van der Waals surface area contributed by atoms with E-state index in [2.05, 4.69) is 5.32 Å². The van der Waals surface area contributed by atoms with Crippen LogP contribution in [0, 0.1) is 0 Å². The number of anilines is 2. The Bertz CT molecular complexity index is 479. The lowest BCUT2D eigenvalue weighted by Gasteiger charge is -2.14. The van der Waals surface area contributed by atoms with Gasteiger partial charge in [0.05, 0.1) is 17.3 Å². The number of amides is 2. The molecule has 0 heterocycles. The molecule has 0 atom stereocenters. The summed E-state index contributed by atoms with van der Waals surface area (Å²) >= 11 is 5.78. The second kappa shape index (κ2) is 6.96. The highest BCUT2D eigenvalue weighted by molar-refractivity contribution is 6.33. The smallest absolute Gasteiger partial charge is 0.231 e. The number of primary amides is 1. The molecular weight excluding hydrogens is 268 g/mol. The van der Waals surface area contributed by atoms with Crippen molar-refractivity contribution in [1.29, 1.82) is 0 Å². The van der Waals surface area contributed by atoms with Crippen LogP contribution in [0.5, 0.6) is 0 Å². The molecule has 19 heavy (non-hydrogen) atoms. The highest BCUT2D eigenvalue weighted by Crippen LogP contribution is 2.22. The third-order valence-electron chi connectivity index (χ3n) is 2.43. The summed E-state index contributed by atoms with van der Waals surface area (Å²) in [6.45, 7) is 0.568. The number of rotatable bonds is 6. The van der Waals surface area contributed by atoms with Crippen molar-refractivity contribution in [2.75, 3.05) is 31.2 Å². The van der Waals surface area contributed by atoms with Crippen LogP contribution in [-0.4, -0.2) is 36.9 Å². The first-order valence-electron chi connectivity index (χ1n) is 5.70. The maximum Gasteiger partial charge on any atom is 0.231 e. The minimum absolute atomic E-state index is 0.126. The van der Waals surface area contributed by atoms with Gasteiger partial charge in [-0.25, -0.2) is 0 Å². The highest BCUT2D eigenvalue weighted by Gasteiger charge is 2.07. The predicted molar refractivity (Wildman–Crippen MR) is 75.8 cm³/mol. The first-order valence-corrected chi connectivity index (χ1v) is 6.08. The Labute approximate surface area is 116 Å². The molecular formula is C12H17ClN4O2. The fraction of sp³-hybridized carbons (Fsp3) is 0.333. The van der Waals surface area contributed by atoms with Crippen LogP contribution < -0.4 is 16.8 Å². The van der Waals surface area contributed by atoms with Gasteiger partial charge in [0, 0.05) is 18.7 Å². The third kappa shape index (κ3) is 5.58. The van der Waals surface area contributed by atoms with Crippen LogP contribution in [0.25, 0.3) is 0 Å². The van der Waals surface area contributed by atoms with E-state index in [1.165, 1.54) is 0 Å². The number of nitrogens with one attached hydrogen (secondary N) is 1. The van der Waals surface area contributed by atoms with Gasteiger partial charge in [0.1, 0.15) is 0 Å². The molecule has 0 unspecified atom stereocenters. The molecule has 104 valence electrons.